The first-order chi connectivity index (χ1) is 9.19. The van der Waals surface area contributed by atoms with E-state index in [0.29, 0.717) is 17.1 Å². The zero-order chi connectivity index (χ0) is 15.3. The molecule has 0 atom stereocenters. The molecule has 0 aliphatic rings. The van der Waals surface area contributed by atoms with Crippen LogP contribution in [-0.2, 0) is 14.6 Å². The molecule has 0 spiro atoms. The fourth-order valence-electron chi connectivity index (χ4n) is 1.59. The topological polar surface area (TPSA) is 74.7 Å². The average Bonchev–Trinajstić information content (AvgIpc) is 2.32. The van der Waals surface area contributed by atoms with Crippen LogP contribution < -0.4 is 4.90 Å². The number of hydrogen-bond donors (Lipinski definition) is 1. The Balaban J connectivity index is 3.01. The van der Waals surface area contributed by atoms with Gasteiger partial charge < -0.3 is 10.0 Å². The third-order valence-electron chi connectivity index (χ3n) is 2.60. The van der Waals surface area contributed by atoms with Crippen LogP contribution in [0.4, 0.5) is 5.69 Å². The van der Waals surface area contributed by atoms with Gasteiger partial charge in [-0.3, -0.25) is 0 Å². The maximum atomic E-state index is 11.2. The molecule has 0 aliphatic heterocycles. The summed E-state index contributed by atoms with van der Waals surface area (Å²) in [6.07, 6.45) is 3.62. The molecule has 0 amide bonds. The molecule has 1 aromatic carbocycles. The highest BCUT2D eigenvalue weighted by Gasteiger charge is 2.10. The van der Waals surface area contributed by atoms with Crippen molar-refractivity contribution in [2.45, 2.75) is 0 Å². The number of aliphatic carboxylic acids is 1. The van der Waals surface area contributed by atoms with Gasteiger partial charge in [-0.15, -0.1) is 0 Å². The van der Waals surface area contributed by atoms with Crippen LogP contribution in [0.5, 0.6) is 0 Å². The Kier molecular flexibility index (Phi) is 5.59. The molecule has 110 valence electrons. The summed E-state index contributed by atoms with van der Waals surface area (Å²) in [5.41, 5.74) is 1.34. The standard InChI is InChI=1S/C13H16ClNO4S/c1-15(7-8-20(2,18)19)12-5-4-11(14)9-10(12)3-6-13(16)17/h3-6,9H,7-8H2,1-2H3,(H,16,17)/b6-3+. The Bertz CT molecular complexity index is 625. The second kappa shape index (κ2) is 6.76. The van der Waals surface area contributed by atoms with Crippen molar-refractivity contribution in [1.29, 1.82) is 0 Å². The highest BCUT2D eigenvalue weighted by molar-refractivity contribution is 7.90. The van der Waals surface area contributed by atoms with Crippen LogP contribution in [0.3, 0.4) is 0 Å². The Morgan fingerprint density at radius 3 is 2.65 bits per heavy atom. The number of anilines is 1. The van der Waals surface area contributed by atoms with Crippen molar-refractivity contribution in [2.24, 2.45) is 0 Å². The minimum atomic E-state index is -3.05. The SMILES string of the molecule is CN(CCS(C)(=O)=O)c1ccc(Cl)cc1/C=C/C(=O)O. The van der Waals surface area contributed by atoms with E-state index >= 15 is 0 Å². The number of carboxylic acid groups (broad SMARTS) is 1. The van der Waals surface area contributed by atoms with E-state index in [0.717, 1.165) is 11.8 Å². The first-order valence-corrected chi connectivity index (χ1v) is 8.22. The quantitative estimate of drug-likeness (QED) is 0.811. The van der Waals surface area contributed by atoms with Gasteiger partial charge in [-0.25, -0.2) is 13.2 Å². The lowest BCUT2D eigenvalue weighted by Crippen LogP contribution is -2.25. The smallest absolute Gasteiger partial charge is 0.328 e. The molecular weight excluding hydrogens is 302 g/mol. The zero-order valence-corrected chi connectivity index (χ0v) is 12.8. The first-order valence-electron chi connectivity index (χ1n) is 5.78. The molecule has 0 saturated carbocycles. The van der Waals surface area contributed by atoms with Gasteiger partial charge in [0.05, 0.1) is 5.75 Å². The lowest BCUT2D eigenvalue weighted by atomic mass is 10.1. The molecular formula is C13H16ClNO4S. The second-order valence-corrected chi connectivity index (χ2v) is 7.12. The number of halogens is 1. The van der Waals surface area contributed by atoms with Gasteiger partial charge in [0.15, 0.2) is 0 Å². The fourth-order valence-corrected chi connectivity index (χ4v) is 2.38. The molecule has 0 aromatic heterocycles. The third kappa shape index (κ3) is 5.63. The number of rotatable bonds is 6. The number of benzene rings is 1. The van der Waals surface area contributed by atoms with Crippen LogP contribution in [0.15, 0.2) is 24.3 Å². The van der Waals surface area contributed by atoms with E-state index in [1.165, 1.54) is 12.3 Å². The van der Waals surface area contributed by atoms with Gasteiger partial charge in [0.25, 0.3) is 0 Å². The molecule has 0 bridgehead atoms. The molecule has 1 aromatic rings. The van der Waals surface area contributed by atoms with E-state index in [4.69, 9.17) is 16.7 Å². The Labute approximate surface area is 123 Å². The highest BCUT2D eigenvalue weighted by atomic mass is 35.5. The minimum Gasteiger partial charge on any atom is -0.478 e. The van der Waals surface area contributed by atoms with Gasteiger partial charge in [-0.05, 0) is 29.8 Å². The molecule has 0 fully saturated rings. The Morgan fingerprint density at radius 1 is 1.45 bits per heavy atom. The van der Waals surface area contributed by atoms with Gasteiger partial charge in [-0.1, -0.05) is 11.6 Å². The maximum absolute atomic E-state index is 11.2. The van der Waals surface area contributed by atoms with E-state index in [9.17, 15) is 13.2 Å². The third-order valence-corrected chi connectivity index (χ3v) is 3.76. The second-order valence-electron chi connectivity index (χ2n) is 4.43. The summed E-state index contributed by atoms with van der Waals surface area (Å²) in [4.78, 5) is 12.3. The van der Waals surface area contributed by atoms with Crippen LogP contribution in [0.25, 0.3) is 6.08 Å². The fraction of sp³-hybridized carbons (Fsp3) is 0.308. The predicted octanol–water partition coefficient (Wildman–Crippen LogP) is 1.92. The zero-order valence-electron chi connectivity index (χ0n) is 11.2. The summed E-state index contributed by atoms with van der Waals surface area (Å²) in [7, 11) is -1.31. The largest absolute Gasteiger partial charge is 0.478 e. The molecule has 0 unspecified atom stereocenters. The molecule has 7 heteroatoms. The van der Waals surface area contributed by atoms with Crippen LogP contribution in [-0.4, -0.2) is 45.1 Å². The number of carboxylic acids is 1. The Morgan fingerprint density at radius 2 is 2.10 bits per heavy atom. The predicted molar refractivity (Wildman–Crippen MR) is 81.1 cm³/mol. The van der Waals surface area contributed by atoms with Gasteiger partial charge >= 0.3 is 5.97 Å². The van der Waals surface area contributed by atoms with Crippen molar-refractivity contribution in [3.05, 3.63) is 34.9 Å². The molecule has 1 rings (SSSR count). The molecule has 0 aliphatic carbocycles. The first kappa shape index (κ1) is 16.5. The molecule has 5 nitrogen and oxygen atoms in total. The maximum Gasteiger partial charge on any atom is 0.328 e. The lowest BCUT2D eigenvalue weighted by Gasteiger charge is -2.21. The summed E-state index contributed by atoms with van der Waals surface area (Å²) in [5.74, 6) is -1.04. The van der Waals surface area contributed by atoms with E-state index in [-0.39, 0.29) is 5.75 Å². The van der Waals surface area contributed by atoms with Crippen LogP contribution in [0.2, 0.25) is 5.02 Å². The van der Waals surface area contributed by atoms with Crippen molar-refractivity contribution in [1.82, 2.24) is 0 Å². The van der Waals surface area contributed by atoms with Crippen molar-refractivity contribution in [3.63, 3.8) is 0 Å². The Hall–Kier alpha value is -1.53. The van der Waals surface area contributed by atoms with Gasteiger partial charge in [0, 0.05) is 36.6 Å². The van der Waals surface area contributed by atoms with Gasteiger partial charge in [0.2, 0.25) is 0 Å². The summed E-state index contributed by atoms with van der Waals surface area (Å²) in [6.45, 7) is 0.314. The van der Waals surface area contributed by atoms with Gasteiger partial charge in [0.1, 0.15) is 9.84 Å². The van der Waals surface area contributed by atoms with Gasteiger partial charge in [-0.2, -0.15) is 0 Å². The number of carbonyl (C=O) groups is 1. The minimum absolute atomic E-state index is 0.0220. The van der Waals surface area contributed by atoms with E-state index in [1.54, 1.807) is 30.1 Å². The van der Waals surface area contributed by atoms with Crippen LogP contribution >= 0.6 is 11.6 Å². The monoisotopic (exact) mass is 317 g/mol. The molecule has 0 heterocycles. The summed E-state index contributed by atoms with van der Waals surface area (Å²) in [6, 6.07) is 5.03. The normalized spacial score (nSPS) is 11.8. The summed E-state index contributed by atoms with van der Waals surface area (Å²) < 4.78 is 22.4. The summed E-state index contributed by atoms with van der Waals surface area (Å²) >= 11 is 5.89. The van der Waals surface area contributed by atoms with E-state index < -0.39 is 15.8 Å². The number of sulfone groups is 1. The van der Waals surface area contributed by atoms with Crippen molar-refractivity contribution in [3.8, 4) is 0 Å². The van der Waals surface area contributed by atoms with E-state index in [1.807, 2.05) is 0 Å². The van der Waals surface area contributed by atoms with E-state index in [2.05, 4.69) is 0 Å². The molecule has 20 heavy (non-hydrogen) atoms. The van der Waals surface area contributed by atoms with Crippen molar-refractivity contribution < 1.29 is 18.3 Å². The lowest BCUT2D eigenvalue weighted by molar-refractivity contribution is -0.131. The number of hydrogen-bond acceptors (Lipinski definition) is 4. The average molecular weight is 318 g/mol. The molecule has 1 N–H and O–H groups in total. The number of nitrogens with zero attached hydrogens (tertiary/aromatic N) is 1. The molecule has 0 radical (unpaired) electrons. The highest BCUT2D eigenvalue weighted by Crippen LogP contribution is 2.24. The molecule has 0 saturated heterocycles. The van der Waals surface area contributed by atoms with Crippen molar-refractivity contribution >= 4 is 39.2 Å². The summed E-state index contributed by atoms with van der Waals surface area (Å²) in [5, 5.41) is 9.15. The van der Waals surface area contributed by atoms with Crippen molar-refractivity contribution in [2.75, 3.05) is 30.5 Å². The van der Waals surface area contributed by atoms with Crippen LogP contribution in [0.1, 0.15) is 5.56 Å². The van der Waals surface area contributed by atoms with Crippen LogP contribution in [0, 0.1) is 0 Å².